The molecule has 2 aromatic carbocycles. The quantitative estimate of drug-likeness (QED) is 0.763. The van der Waals surface area contributed by atoms with Gasteiger partial charge in [-0.1, -0.05) is 24.3 Å². The second-order valence-corrected chi connectivity index (χ2v) is 6.84. The van der Waals surface area contributed by atoms with E-state index in [0.29, 0.717) is 12.3 Å². The first-order valence-electron chi connectivity index (χ1n) is 9.13. The lowest BCUT2D eigenvalue weighted by atomic mass is 9.92. The van der Waals surface area contributed by atoms with Gasteiger partial charge in [0.1, 0.15) is 11.6 Å². The van der Waals surface area contributed by atoms with E-state index in [-0.39, 0.29) is 29.9 Å². The van der Waals surface area contributed by atoms with Crippen molar-refractivity contribution in [2.45, 2.75) is 31.7 Å². The molecule has 3 nitrogen and oxygen atoms in total. The van der Waals surface area contributed by atoms with Crippen LogP contribution in [0, 0.1) is 17.6 Å². The maximum atomic E-state index is 13.3. The Labute approximate surface area is 165 Å². The minimum absolute atomic E-state index is 0. The molecule has 0 spiro atoms. The number of carbonyl (C=O) groups is 1. The van der Waals surface area contributed by atoms with Gasteiger partial charge < -0.3 is 10.6 Å². The summed E-state index contributed by atoms with van der Waals surface area (Å²) in [5, 5.41) is 6.35. The van der Waals surface area contributed by atoms with Crippen molar-refractivity contribution in [3.05, 3.63) is 71.3 Å². The van der Waals surface area contributed by atoms with Gasteiger partial charge in [-0.3, -0.25) is 4.79 Å². The van der Waals surface area contributed by atoms with Crippen LogP contribution in [0.25, 0.3) is 0 Å². The molecule has 27 heavy (non-hydrogen) atoms. The number of rotatable bonds is 6. The van der Waals surface area contributed by atoms with Gasteiger partial charge in [-0.05, 0) is 73.7 Å². The van der Waals surface area contributed by atoms with Crippen LogP contribution in [0.1, 0.15) is 42.9 Å². The fourth-order valence-corrected chi connectivity index (χ4v) is 3.41. The highest BCUT2D eigenvalue weighted by molar-refractivity contribution is 5.85. The number of nitrogens with one attached hydrogen (secondary N) is 2. The Morgan fingerprint density at radius 3 is 1.93 bits per heavy atom. The molecule has 6 heteroatoms. The smallest absolute Gasteiger partial charge is 0.220 e. The van der Waals surface area contributed by atoms with Crippen molar-refractivity contribution in [2.75, 3.05) is 13.1 Å². The average Bonchev–Trinajstić information content (AvgIpc) is 2.67. The first-order chi connectivity index (χ1) is 12.6. The summed E-state index contributed by atoms with van der Waals surface area (Å²) in [7, 11) is 0. The van der Waals surface area contributed by atoms with Crippen molar-refractivity contribution in [3.63, 3.8) is 0 Å². The Morgan fingerprint density at radius 2 is 1.44 bits per heavy atom. The van der Waals surface area contributed by atoms with Crippen LogP contribution in [-0.2, 0) is 4.79 Å². The molecule has 0 aliphatic carbocycles. The third-order valence-electron chi connectivity index (χ3n) is 4.95. The molecule has 3 rings (SSSR count). The van der Waals surface area contributed by atoms with Gasteiger partial charge in [-0.25, -0.2) is 8.78 Å². The second kappa shape index (κ2) is 10.4. The number of amides is 1. The molecule has 1 aliphatic heterocycles. The van der Waals surface area contributed by atoms with Crippen LogP contribution in [0.5, 0.6) is 0 Å². The standard InChI is InChI=1S/C21H24F2N2O.ClH/c22-18-6-2-16(3-7-18)21(17-4-8-19(23)9-5-17)25-20(26)10-1-15-11-13-24-14-12-15;/h2-9,15,21,24H,1,10-14H2,(H,25,26);1H. The Morgan fingerprint density at radius 1 is 0.963 bits per heavy atom. The van der Waals surface area contributed by atoms with Gasteiger partial charge >= 0.3 is 0 Å². The van der Waals surface area contributed by atoms with Crippen LogP contribution >= 0.6 is 12.4 Å². The molecule has 0 atom stereocenters. The summed E-state index contributed by atoms with van der Waals surface area (Å²) in [6.45, 7) is 2.03. The van der Waals surface area contributed by atoms with Crippen molar-refractivity contribution in [1.82, 2.24) is 10.6 Å². The van der Waals surface area contributed by atoms with Gasteiger partial charge in [-0.2, -0.15) is 0 Å². The summed E-state index contributed by atoms with van der Waals surface area (Å²) in [6.07, 6.45) is 3.54. The van der Waals surface area contributed by atoms with Gasteiger partial charge in [-0.15, -0.1) is 12.4 Å². The molecule has 0 unspecified atom stereocenters. The van der Waals surface area contributed by atoms with Crippen molar-refractivity contribution in [2.24, 2.45) is 5.92 Å². The number of carbonyl (C=O) groups excluding carboxylic acids is 1. The third kappa shape index (κ3) is 6.29. The lowest BCUT2D eigenvalue weighted by Crippen LogP contribution is -2.31. The number of hydrogen-bond donors (Lipinski definition) is 2. The second-order valence-electron chi connectivity index (χ2n) is 6.84. The van der Waals surface area contributed by atoms with Crippen molar-refractivity contribution >= 4 is 18.3 Å². The van der Waals surface area contributed by atoms with Crippen LogP contribution in [0.3, 0.4) is 0 Å². The summed E-state index contributed by atoms with van der Waals surface area (Å²) in [5.74, 6) is -0.119. The van der Waals surface area contributed by atoms with E-state index < -0.39 is 6.04 Å². The first kappa shape index (κ1) is 21.3. The summed E-state index contributed by atoms with van der Waals surface area (Å²) in [6, 6.07) is 11.6. The Hall–Kier alpha value is -1.98. The largest absolute Gasteiger partial charge is 0.345 e. The Kier molecular flexibility index (Phi) is 8.20. The zero-order valence-electron chi connectivity index (χ0n) is 15.1. The molecule has 0 saturated carbocycles. The van der Waals surface area contributed by atoms with Crippen molar-refractivity contribution in [1.29, 1.82) is 0 Å². The molecule has 1 fully saturated rings. The first-order valence-corrected chi connectivity index (χ1v) is 9.13. The molecular formula is C21H25ClF2N2O. The van der Waals surface area contributed by atoms with E-state index in [1.54, 1.807) is 24.3 Å². The summed E-state index contributed by atoms with van der Waals surface area (Å²) in [5.41, 5.74) is 1.54. The molecule has 146 valence electrons. The van der Waals surface area contributed by atoms with Gasteiger partial charge in [0.15, 0.2) is 0 Å². The lowest BCUT2D eigenvalue weighted by Gasteiger charge is -2.23. The number of hydrogen-bond acceptors (Lipinski definition) is 2. The zero-order valence-corrected chi connectivity index (χ0v) is 15.9. The minimum atomic E-state index is -0.420. The van der Waals surface area contributed by atoms with Gasteiger partial charge in [0.05, 0.1) is 6.04 Å². The van der Waals surface area contributed by atoms with Crippen LogP contribution in [0.2, 0.25) is 0 Å². The van der Waals surface area contributed by atoms with Crippen LogP contribution in [-0.4, -0.2) is 19.0 Å². The highest BCUT2D eigenvalue weighted by Gasteiger charge is 2.19. The van der Waals surface area contributed by atoms with E-state index in [1.165, 1.54) is 24.3 Å². The van der Waals surface area contributed by atoms with Gasteiger partial charge in [0.2, 0.25) is 5.91 Å². The fraction of sp³-hybridized carbons (Fsp3) is 0.381. The fourth-order valence-electron chi connectivity index (χ4n) is 3.41. The molecule has 1 saturated heterocycles. The van der Waals surface area contributed by atoms with E-state index in [2.05, 4.69) is 10.6 Å². The van der Waals surface area contributed by atoms with E-state index >= 15 is 0 Å². The third-order valence-corrected chi connectivity index (χ3v) is 4.95. The average molecular weight is 395 g/mol. The predicted molar refractivity (Wildman–Crippen MR) is 105 cm³/mol. The van der Waals surface area contributed by atoms with Crippen LogP contribution < -0.4 is 10.6 Å². The maximum absolute atomic E-state index is 13.3. The van der Waals surface area contributed by atoms with Crippen molar-refractivity contribution in [3.8, 4) is 0 Å². The molecule has 0 aromatic heterocycles. The Balaban J connectivity index is 0.00000261. The summed E-state index contributed by atoms with van der Waals surface area (Å²) >= 11 is 0. The monoisotopic (exact) mass is 394 g/mol. The molecule has 2 aromatic rings. The van der Waals surface area contributed by atoms with Gasteiger partial charge in [0.25, 0.3) is 0 Å². The maximum Gasteiger partial charge on any atom is 0.220 e. The summed E-state index contributed by atoms with van der Waals surface area (Å²) in [4.78, 5) is 12.5. The highest BCUT2D eigenvalue weighted by Crippen LogP contribution is 2.24. The predicted octanol–water partition coefficient (Wildman–Crippen LogP) is 4.37. The molecule has 1 aliphatic rings. The van der Waals surface area contributed by atoms with Crippen molar-refractivity contribution < 1.29 is 13.6 Å². The minimum Gasteiger partial charge on any atom is -0.345 e. The van der Waals surface area contributed by atoms with E-state index in [4.69, 9.17) is 0 Å². The highest BCUT2D eigenvalue weighted by atomic mass is 35.5. The molecule has 0 bridgehead atoms. The number of halogens is 3. The molecule has 0 radical (unpaired) electrons. The van der Waals surface area contributed by atoms with Gasteiger partial charge in [0, 0.05) is 6.42 Å². The zero-order chi connectivity index (χ0) is 18.4. The van der Waals surface area contributed by atoms with E-state index in [0.717, 1.165) is 43.5 Å². The number of benzene rings is 2. The Bertz CT molecular complexity index is 670. The molecule has 2 N–H and O–H groups in total. The molecule has 1 amide bonds. The van der Waals surface area contributed by atoms with E-state index in [1.807, 2.05) is 0 Å². The van der Waals surface area contributed by atoms with Crippen LogP contribution in [0.15, 0.2) is 48.5 Å². The normalized spacial score (nSPS) is 14.6. The molecule has 1 heterocycles. The number of piperidine rings is 1. The lowest BCUT2D eigenvalue weighted by molar-refractivity contribution is -0.121. The topological polar surface area (TPSA) is 41.1 Å². The SMILES string of the molecule is Cl.O=C(CCC1CCNCC1)NC(c1ccc(F)cc1)c1ccc(F)cc1. The molecular weight excluding hydrogens is 370 g/mol. The van der Waals surface area contributed by atoms with Crippen LogP contribution in [0.4, 0.5) is 8.78 Å². The summed E-state index contributed by atoms with van der Waals surface area (Å²) < 4.78 is 26.5. The van der Waals surface area contributed by atoms with E-state index in [9.17, 15) is 13.6 Å².